The molecule has 0 rings (SSSR count). The van der Waals surface area contributed by atoms with E-state index in [0.29, 0.717) is 19.5 Å². The van der Waals surface area contributed by atoms with Crippen LogP contribution in [0.1, 0.15) is 26.2 Å². The lowest BCUT2D eigenvalue weighted by Crippen LogP contribution is -2.35. The van der Waals surface area contributed by atoms with Gasteiger partial charge in [0, 0.05) is 19.5 Å². The van der Waals surface area contributed by atoms with E-state index in [-0.39, 0.29) is 19.1 Å². The van der Waals surface area contributed by atoms with E-state index < -0.39 is 0 Å². The average Bonchev–Trinajstić information content (AvgIpc) is 2.14. The number of carbonyl (C=O) groups excluding carboxylic acids is 1. The molecule has 0 spiro atoms. The van der Waals surface area contributed by atoms with Gasteiger partial charge in [-0.15, -0.1) is 0 Å². The highest BCUT2D eigenvalue weighted by atomic mass is 16.3. The highest BCUT2D eigenvalue weighted by Crippen LogP contribution is 1.99. The summed E-state index contributed by atoms with van der Waals surface area (Å²) in [6.45, 7) is 2.58. The molecule has 0 aliphatic carbocycles. The molecule has 0 fully saturated rings. The van der Waals surface area contributed by atoms with Gasteiger partial charge in [-0.25, -0.2) is 0 Å². The van der Waals surface area contributed by atoms with Crippen LogP contribution in [-0.4, -0.2) is 47.3 Å². The molecule has 0 aliphatic heterocycles. The lowest BCUT2D eigenvalue weighted by atomic mass is 10.2. The summed E-state index contributed by atoms with van der Waals surface area (Å²) < 4.78 is 0. The molecule has 0 aromatic rings. The number of aliphatic hydroxyl groups is 2. The maximum Gasteiger partial charge on any atom is 0.222 e. The zero-order chi connectivity index (χ0) is 10.1. The number of hydrogen-bond acceptors (Lipinski definition) is 3. The van der Waals surface area contributed by atoms with Gasteiger partial charge in [0.25, 0.3) is 0 Å². The van der Waals surface area contributed by atoms with E-state index in [0.717, 1.165) is 12.8 Å². The fourth-order valence-corrected chi connectivity index (χ4v) is 1.09. The summed E-state index contributed by atoms with van der Waals surface area (Å²) in [6, 6.07) is 0. The van der Waals surface area contributed by atoms with Crippen molar-refractivity contribution in [2.45, 2.75) is 26.2 Å². The maximum atomic E-state index is 11.4. The zero-order valence-corrected chi connectivity index (χ0v) is 8.20. The summed E-state index contributed by atoms with van der Waals surface area (Å²) in [5.74, 6) is 0.0185. The van der Waals surface area contributed by atoms with Crippen LogP contribution < -0.4 is 0 Å². The summed E-state index contributed by atoms with van der Waals surface area (Å²) in [5.41, 5.74) is 0. The number of rotatable bonds is 7. The molecule has 0 aromatic carbocycles. The normalized spacial score (nSPS) is 10.1. The Balaban J connectivity index is 3.80. The molecule has 13 heavy (non-hydrogen) atoms. The molecule has 4 nitrogen and oxygen atoms in total. The van der Waals surface area contributed by atoms with Crippen LogP contribution in [0, 0.1) is 0 Å². The van der Waals surface area contributed by atoms with Crippen LogP contribution in [0.4, 0.5) is 0 Å². The van der Waals surface area contributed by atoms with Crippen molar-refractivity contribution in [3.8, 4) is 0 Å². The third-order valence-electron chi connectivity index (χ3n) is 1.84. The molecule has 78 valence electrons. The van der Waals surface area contributed by atoms with Crippen LogP contribution in [0.15, 0.2) is 0 Å². The summed E-state index contributed by atoms with van der Waals surface area (Å²) in [6.07, 6.45) is 2.36. The molecule has 0 aliphatic rings. The van der Waals surface area contributed by atoms with Gasteiger partial charge in [0.15, 0.2) is 0 Å². The van der Waals surface area contributed by atoms with Crippen molar-refractivity contribution >= 4 is 5.91 Å². The SMILES string of the molecule is CCCCC(=O)N(CCO)CCO. The van der Waals surface area contributed by atoms with Crippen LogP contribution in [0.2, 0.25) is 0 Å². The third-order valence-corrected chi connectivity index (χ3v) is 1.84. The lowest BCUT2D eigenvalue weighted by molar-refractivity contribution is -0.132. The predicted molar refractivity (Wildman–Crippen MR) is 50.3 cm³/mol. The number of nitrogens with zero attached hydrogens (tertiary/aromatic N) is 1. The van der Waals surface area contributed by atoms with Crippen LogP contribution in [0.3, 0.4) is 0 Å². The van der Waals surface area contributed by atoms with Crippen molar-refractivity contribution in [2.75, 3.05) is 26.3 Å². The second kappa shape index (κ2) is 8.01. The minimum absolute atomic E-state index is 0.0185. The quantitative estimate of drug-likeness (QED) is 0.592. The van der Waals surface area contributed by atoms with Crippen molar-refractivity contribution in [1.29, 1.82) is 0 Å². The van der Waals surface area contributed by atoms with Crippen LogP contribution in [0.25, 0.3) is 0 Å². The number of carbonyl (C=O) groups is 1. The molecule has 0 bridgehead atoms. The van der Waals surface area contributed by atoms with E-state index in [1.54, 1.807) is 0 Å². The van der Waals surface area contributed by atoms with E-state index in [1.807, 2.05) is 6.92 Å². The summed E-state index contributed by atoms with van der Waals surface area (Å²) in [4.78, 5) is 12.9. The van der Waals surface area contributed by atoms with Crippen molar-refractivity contribution < 1.29 is 15.0 Å². The summed E-state index contributed by atoms with van der Waals surface area (Å²) in [5, 5.41) is 17.3. The van der Waals surface area contributed by atoms with Crippen molar-refractivity contribution in [2.24, 2.45) is 0 Å². The first-order chi connectivity index (χ1) is 6.26. The predicted octanol–water partition coefficient (Wildman–Crippen LogP) is -0.0102. The van der Waals surface area contributed by atoms with E-state index >= 15 is 0 Å². The van der Waals surface area contributed by atoms with Gasteiger partial charge in [0.2, 0.25) is 5.91 Å². The zero-order valence-electron chi connectivity index (χ0n) is 8.20. The molecule has 4 heteroatoms. The van der Waals surface area contributed by atoms with Crippen molar-refractivity contribution in [3.05, 3.63) is 0 Å². The first kappa shape index (κ1) is 12.4. The molecule has 0 radical (unpaired) electrons. The second-order valence-corrected chi connectivity index (χ2v) is 2.93. The standard InChI is InChI=1S/C9H19NO3/c1-2-3-4-9(13)10(5-7-11)6-8-12/h11-12H,2-8H2,1H3. The van der Waals surface area contributed by atoms with E-state index in [1.165, 1.54) is 4.90 Å². The van der Waals surface area contributed by atoms with Gasteiger partial charge in [0.1, 0.15) is 0 Å². The maximum absolute atomic E-state index is 11.4. The molecule has 0 unspecified atom stereocenters. The van der Waals surface area contributed by atoms with Gasteiger partial charge in [0.05, 0.1) is 13.2 Å². The smallest absolute Gasteiger partial charge is 0.222 e. The Labute approximate surface area is 79.2 Å². The molecular weight excluding hydrogens is 170 g/mol. The summed E-state index contributed by atoms with van der Waals surface area (Å²) in [7, 11) is 0. The number of aliphatic hydroxyl groups excluding tert-OH is 2. The highest BCUT2D eigenvalue weighted by Gasteiger charge is 2.10. The number of amides is 1. The second-order valence-electron chi connectivity index (χ2n) is 2.93. The Bertz CT molecular complexity index is 133. The topological polar surface area (TPSA) is 60.8 Å². The molecule has 2 N–H and O–H groups in total. The molecular formula is C9H19NO3. The summed E-state index contributed by atoms with van der Waals surface area (Å²) >= 11 is 0. The third kappa shape index (κ3) is 5.60. The van der Waals surface area contributed by atoms with Crippen molar-refractivity contribution in [3.63, 3.8) is 0 Å². The minimum atomic E-state index is -0.0438. The Kier molecular flexibility index (Phi) is 7.63. The monoisotopic (exact) mass is 189 g/mol. The van der Waals surface area contributed by atoms with Gasteiger partial charge in [-0.05, 0) is 6.42 Å². The number of hydrogen-bond donors (Lipinski definition) is 2. The Morgan fingerprint density at radius 3 is 2.15 bits per heavy atom. The minimum Gasteiger partial charge on any atom is -0.395 e. The molecule has 0 aromatic heterocycles. The molecule has 1 amide bonds. The van der Waals surface area contributed by atoms with E-state index in [2.05, 4.69) is 0 Å². The van der Waals surface area contributed by atoms with E-state index in [4.69, 9.17) is 10.2 Å². The van der Waals surface area contributed by atoms with Gasteiger partial charge in [-0.2, -0.15) is 0 Å². The fourth-order valence-electron chi connectivity index (χ4n) is 1.09. The van der Waals surface area contributed by atoms with Crippen molar-refractivity contribution in [1.82, 2.24) is 4.90 Å². The highest BCUT2D eigenvalue weighted by molar-refractivity contribution is 5.76. The first-order valence-electron chi connectivity index (χ1n) is 4.75. The van der Waals surface area contributed by atoms with E-state index in [9.17, 15) is 4.79 Å². The van der Waals surface area contributed by atoms with Crippen LogP contribution >= 0.6 is 0 Å². The molecule has 0 heterocycles. The lowest BCUT2D eigenvalue weighted by Gasteiger charge is -2.20. The molecule has 0 saturated heterocycles. The largest absolute Gasteiger partial charge is 0.395 e. The van der Waals surface area contributed by atoms with Crippen LogP contribution in [0.5, 0.6) is 0 Å². The first-order valence-corrected chi connectivity index (χ1v) is 4.75. The molecule has 0 atom stereocenters. The van der Waals surface area contributed by atoms with Gasteiger partial charge in [-0.1, -0.05) is 13.3 Å². The van der Waals surface area contributed by atoms with Gasteiger partial charge < -0.3 is 15.1 Å². The number of unbranched alkanes of at least 4 members (excludes halogenated alkanes) is 1. The average molecular weight is 189 g/mol. The fraction of sp³-hybridized carbons (Fsp3) is 0.889. The molecule has 0 saturated carbocycles. The Morgan fingerprint density at radius 2 is 1.77 bits per heavy atom. The Hall–Kier alpha value is -0.610. The van der Waals surface area contributed by atoms with Crippen LogP contribution in [-0.2, 0) is 4.79 Å². The van der Waals surface area contributed by atoms with Gasteiger partial charge >= 0.3 is 0 Å². The van der Waals surface area contributed by atoms with Gasteiger partial charge in [-0.3, -0.25) is 4.79 Å². The Morgan fingerprint density at radius 1 is 1.23 bits per heavy atom.